The highest BCUT2D eigenvalue weighted by Gasteiger charge is 2.32. The number of aromatic nitrogens is 3. The normalized spacial score (nSPS) is 18.0. The van der Waals surface area contributed by atoms with Crippen LogP contribution < -0.4 is 26.2 Å². The number of hydrogen-bond donors (Lipinski definition) is 4. The molecule has 16 heteroatoms. The number of amides is 1. The molecule has 6 heterocycles. The number of piperazine rings is 1. The molecule has 0 unspecified atom stereocenters. The Morgan fingerprint density at radius 1 is 0.910 bits per heavy atom. The van der Waals surface area contributed by atoms with Gasteiger partial charge in [-0.15, -0.1) is 0 Å². The number of rotatable bonds is 16. The van der Waals surface area contributed by atoms with Gasteiger partial charge in [-0.05, 0) is 130 Å². The van der Waals surface area contributed by atoms with E-state index in [0.29, 0.717) is 40.8 Å². The predicted octanol–water partition coefficient (Wildman–Crippen LogP) is 7.69. The lowest BCUT2D eigenvalue weighted by Gasteiger charge is -2.34. The summed E-state index contributed by atoms with van der Waals surface area (Å²) >= 11 is 0. The Morgan fingerprint density at radius 2 is 1.66 bits per heavy atom. The number of hydrogen-bond acceptors (Lipinski definition) is 9. The number of piperidine rings is 1. The van der Waals surface area contributed by atoms with Gasteiger partial charge in [0.05, 0.1) is 28.2 Å². The van der Waals surface area contributed by atoms with Gasteiger partial charge in [-0.3, -0.25) is 4.79 Å². The van der Waals surface area contributed by atoms with E-state index < -0.39 is 22.6 Å². The summed E-state index contributed by atoms with van der Waals surface area (Å²) in [4.78, 5) is 22.9. The second kappa shape index (κ2) is 20.1. The molecule has 2 bridgehead atoms. The first-order valence-electron chi connectivity index (χ1n) is 23.4. The first-order valence-corrected chi connectivity index (χ1v) is 25.2. The van der Waals surface area contributed by atoms with Gasteiger partial charge in [-0.25, -0.2) is 13.4 Å². The fourth-order valence-electron chi connectivity index (χ4n) is 9.79. The molecule has 3 aromatic carbocycles. The van der Waals surface area contributed by atoms with Crippen molar-refractivity contribution in [3.05, 3.63) is 114 Å². The Kier molecular flexibility index (Phi) is 13.8. The lowest BCUT2D eigenvalue weighted by molar-refractivity contribution is -0.140. The predicted molar refractivity (Wildman–Crippen MR) is 260 cm³/mol. The number of likely N-dealkylation sites (tertiary alicyclic amines) is 1. The molecular formula is C51H58F3N9O3S. The third-order valence-corrected chi connectivity index (χ3v) is 14.4. The fraction of sp³-hybridized carbons (Fsp3) is 0.412. The van der Waals surface area contributed by atoms with Crippen molar-refractivity contribution in [1.82, 2.24) is 29.7 Å². The smallest absolute Gasteiger partial charge is 0.382 e. The van der Waals surface area contributed by atoms with E-state index in [1.165, 1.54) is 40.8 Å². The molecule has 0 radical (unpaired) electrons. The van der Waals surface area contributed by atoms with Crippen LogP contribution in [0.4, 0.5) is 30.2 Å². The van der Waals surface area contributed by atoms with Crippen molar-refractivity contribution in [3.8, 4) is 11.8 Å². The van der Waals surface area contributed by atoms with Crippen LogP contribution in [0.25, 0.3) is 21.9 Å². The molecule has 67 heavy (non-hydrogen) atoms. The van der Waals surface area contributed by atoms with E-state index in [2.05, 4.69) is 76.7 Å². The summed E-state index contributed by atoms with van der Waals surface area (Å²) in [5.74, 6) is 5.75. The van der Waals surface area contributed by atoms with Crippen LogP contribution in [0.3, 0.4) is 0 Å². The third kappa shape index (κ3) is 11.6. The molecule has 6 aromatic rings. The highest BCUT2D eigenvalue weighted by Crippen LogP contribution is 2.32. The number of benzene rings is 3. The summed E-state index contributed by atoms with van der Waals surface area (Å²) in [5.41, 5.74) is 6.07. The average molecular weight is 934 g/mol. The number of anilines is 3. The van der Waals surface area contributed by atoms with Crippen LogP contribution in [0, 0.1) is 11.8 Å². The molecule has 3 saturated heterocycles. The highest BCUT2D eigenvalue weighted by atomic mass is 32.2. The third-order valence-electron chi connectivity index (χ3n) is 13.3. The van der Waals surface area contributed by atoms with Crippen LogP contribution in [-0.2, 0) is 29.3 Å². The maximum atomic E-state index is 13.8. The van der Waals surface area contributed by atoms with Gasteiger partial charge >= 0.3 is 6.18 Å². The Hall–Kier alpha value is -6.02. The van der Waals surface area contributed by atoms with Gasteiger partial charge in [-0.1, -0.05) is 24.1 Å². The zero-order chi connectivity index (χ0) is 46.5. The van der Waals surface area contributed by atoms with Crippen LogP contribution >= 0.6 is 0 Å². The van der Waals surface area contributed by atoms with Gasteiger partial charge in [0.2, 0.25) is 0 Å². The quantitative estimate of drug-likeness (QED) is 0.0571. The molecule has 9 rings (SSSR count). The molecule has 0 saturated carbocycles. The summed E-state index contributed by atoms with van der Waals surface area (Å²) in [6, 6.07) is 27.5. The van der Waals surface area contributed by atoms with Crippen LogP contribution in [0.15, 0.2) is 102 Å². The summed E-state index contributed by atoms with van der Waals surface area (Å²) in [5, 5.41) is 15.1. The molecule has 3 aliphatic heterocycles. The number of nitrogens with one attached hydrogen (secondary N) is 4. The number of alkyl halides is 3. The van der Waals surface area contributed by atoms with Gasteiger partial charge in [0.1, 0.15) is 12.2 Å². The van der Waals surface area contributed by atoms with Gasteiger partial charge in [0.15, 0.2) is 9.84 Å². The highest BCUT2D eigenvalue weighted by molar-refractivity contribution is 7.90. The van der Waals surface area contributed by atoms with Crippen LogP contribution in [-0.4, -0.2) is 110 Å². The van der Waals surface area contributed by atoms with Crippen molar-refractivity contribution >= 4 is 54.7 Å². The molecule has 1 amide bonds. The van der Waals surface area contributed by atoms with E-state index in [1.807, 2.05) is 24.4 Å². The van der Waals surface area contributed by atoms with Crippen molar-refractivity contribution in [3.63, 3.8) is 0 Å². The minimum Gasteiger partial charge on any atom is -0.382 e. The van der Waals surface area contributed by atoms with Crippen molar-refractivity contribution < 1.29 is 26.4 Å². The van der Waals surface area contributed by atoms with Crippen LogP contribution in [0.1, 0.15) is 60.1 Å². The average Bonchev–Trinajstić information content (AvgIpc) is 4.00. The molecule has 3 fully saturated rings. The number of carbonyl (C=O) groups excluding carboxylic acids is 1. The number of fused-ring (bicyclic) bond motifs is 4. The first-order chi connectivity index (χ1) is 32.3. The van der Waals surface area contributed by atoms with Crippen molar-refractivity contribution in [1.29, 1.82) is 0 Å². The minimum absolute atomic E-state index is 0.119. The zero-order valence-corrected chi connectivity index (χ0v) is 38.6. The van der Waals surface area contributed by atoms with E-state index in [1.54, 1.807) is 36.5 Å². The standard InChI is InChI=1S/C51H58F3N9O3S/c1-67(65,66)45-17-13-39(14-18-45)55-23-5-6-44-31-46-47(7-4-8-48(46)63(44)35-51(52,53)54)59-40-21-27-60(28-22-40)25-2-3-26-61-29-20-37-30-38(32-57-49(37)61)50(64)56-24-19-36-9-15-43(16-10-36)62-33-41-11-12-42(34-62)58-41/h4,7-10,13-18,20,29-32,40-42,55,58-59H,2-3,11-12,19,21-28,33-35H2,1H3,(H,56,64)/t41-,42+. The number of nitrogens with zero attached hydrogens (tertiary/aromatic N) is 5. The zero-order valence-electron chi connectivity index (χ0n) is 37.8. The summed E-state index contributed by atoms with van der Waals surface area (Å²) < 4.78 is 68.3. The number of carbonyl (C=O) groups is 1. The van der Waals surface area contributed by atoms with Crippen LogP contribution in [0.5, 0.6) is 0 Å². The largest absolute Gasteiger partial charge is 0.406 e. The van der Waals surface area contributed by atoms with E-state index in [0.717, 1.165) is 94.3 Å². The van der Waals surface area contributed by atoms with Gasteiger partial charge in [0.25, 0.3) is 5.91 Å². The SMILES string of the molecule is CS(=O)(=O)c1ccc(NCC#Cc2cc3c(NC4CCN(CCCCn5ccc6cc(C(=O)NCCc7ccc(N8C[C@H]9CC[C@@H](C8)N9)cc7)cnc65)CC4)cccc3n2CC(F)(F)F)cc1. The van der Waals surface area contributed by atoms with Gasteiger partial charge < -0.3 is 40.2 Å². The minimum atomic E-state index is -4.44. The number of pyridine rings is 1. The molecule has 12 nitrogen and oxygen atoms in total. The van der Waals surface area contributed by atoms with Crippen molar-refractivity contribution in [2.24, 2.45) is 0 Å². The second-order valence-corrected chi connectivity index (χ2v) is 20.3. The number of halogens is 3. The topological polar surface area (TPSA) is 129 Å². The number of unbranched alkanes of at least 4 members (excludes halogenated alkanes) is 1. The lowest BCUT2D eigenvalue weighted by atomic mass is 10.0. The fourth-order valence-corrected chi connectivity index (χ4v) is 10.4. The number of aryl methyl sites for hydroxylation is 1. The van der Waals surface area contributed by atoms with Gasteiger partial charge in [0, 0.05) is 104 Å². The first kappa shape index (κ1) is 46.1. The number of sulfone groups is 1. The molecule has 3 aliphatic rings. The molecule has 0 aliphatic carbocycles. The molecule has 352 valence electrons. The van der Waals surface area contributed by atoms with Crippen molar-refractivity contribution in [2.45, 2.75) is 87.2 Å². The summed E-state index contributed by atoms with van der Waals surface area (Å²) in [6.07, 6.45) is 7.54. The van der Waals surface area contributed by atoms with E-state index in [9.17, 15) is 26.4 Å². The maximum Gasteiger partial charge on any atom is 0.406 e. The summed E-state index contributed by atoms with van der Waals surface area (Å²) in [6.45, 7) is 5.34. The Bertz CT molecular complexity index is 2850. The maximum absolute atomic E-state index is 13.8. The Labute approximate surface area is 390 Å². The second-order valence-electron chi connectivity index (χ2n) is 18.2. The van der Waals surface area contributed by atoms with E-state index in [-0.39, 0.29) is 29.1 Å². The van der Waals surface area contributed by atoms with Crippen molar-refractivity contribution in [2.75, 3.05) is 67.6 Å². The van der Waals surface area contributed by atoms with E-state index >= 15 is 0 Å². The summed E-state index contributed by atoms with van der Waals surface area (Å²) in [7, 11) is -3.33. The van der Waals surface area contributed by atoms with E-state index in [4.69, 9.17) is 0 Å². The molecule has 3 aromatic heterocycles. The molecule has 2 atom stereocenters. The molecule has 4 N–H and O–H groups in total. The lowest BCUT2D eigenvalue weighted by Crippen LogP contribution is -2.51. The molecule has 0 spiro atoms. The monoisotopic (exact) mass is 933 g/mol. The van der Waals surface area contributed by atoms with Crippen LogP contribution in [0.2, 0.25) is 0 Å². The van der Waals surface area contributed by atoms with Gasteiger partial charge in [-0.2, -0.15) is 13.2 Å². The Balaban J connectivity index is 0.714. The molecular weight excluding hydrogens is 876 g/mol. The Morgan fingerprint density at radius 3 is 2.39 bits per heavy atom.